The van der Waals surface area contributed by atoms with Gasteiger partial charge in [0.15, 0.2) is 0 Å². The molecule has 6 nitrogen and oxygen atoms in total. The van der Waals surface area contributed by atoms with E-state index in [0.717, 1.165) is 47.6 Å². The van der Waals surface area contributed by atoms with Gasteiger partial charge in [-0.05, 0) is 73.7 Å². The minimum Gasteiger partial charge on any atom is -0.497 e. The van der Waals surface area contributed by atoms with Crippen LogP contribution in [0.2, 0.25) is 0 Å². The molecule has 0 fully saturated rings. The molecule has 1 aliphatic carbocycles. The fraction of sp³-hybridized carbons (Fsp3) is 0.208. The van der Waals surface area contributed by atoms with E-state index in [-0.39, 0.29) is 5.57 Å². The highest BCUT2D eigenvalue weighted by Gasteiger charge is 2.22. The Morgan fingerprint density at radius 1 is 1.19 bits per heavy atom. The predicted octanol–water partition coefficient (Wildman–Crippen LogP) is 4.84. The molecule has 0 bridgehead atoms. The van der Waals surface area contributed by atoms with Crippen LogP contribution < -0.4 is 10.1 Å². The van der Waals surface area contributed by atoms with Gasteiger partial charge in [-0.2, -0.15) is 10.5 Å². The second-order valence-corrected chi connectivity index (χ2v) is 8.26. The number of rotatable bonds is 5. The number of nitriles is 2. The van der Waals surface area contributed by atoms with E-state index in [9.17, 15) is 15.3 Å². The van der Waals surface area contributed by atoms with Gasteiger partial charge in [0, 0.05) is 22.5 Å². The highest BCUT2D eigenvalue weighted by atomic mass is 32.1. The molecule has 2 heterocycles. The number of anilines is 1. The lowest BCUT2D eigenvalue weighted by Gasteiger charge is -2.09. The first-order valence-corrected chi connectivity index (χ1v) is 10.8. The average Bonchev–Trinajstić information content (AvgIpc) is 3.41. The van der Waals surface area contributed by atoms with Gasteiger partial charge in [0.2, 0.25) is 0 Å². The van der Waals surface area contributed by atoms with Crippen molar-refractivity contribution >= 4 is 28.3 Å². The van der Waals surface area contributed by atoms with Crippen molar-refractivity contribution in [1.29, 1.82) is 10.5 Å². The SMILES string of the molecule is COc1ccc(-n2cccc2/C=C(\C#N)C(=O)Nc2sc3c(c2C#N)CCCC3)cc1. The molecule has 0 spiro atoms. The number of hydrogen-bond acceptors (Lipinski definition) is 5. The molecule has 3 aromatic rings. The zero-order valence-electron chi connectivity index (χ0n) is 17.0. The maximum Gasteiger partial charge on any atom is 0.267 e. The minimum atomic E-state index is -0.514. The van der Waals surface area contributed by atoms with E-state index in [1.165, 1.54) is 11.3 Å². The summed E-state index contributed by atoms with van der Waals surface area (Å²) in [6.45, 7) is 0. The van der Waals surface area contributed by atoms with Gasteiger partial charge in [0.25, 0.3) is 5.91 Å². The summed E-state index contributed by atoms with van der Waals surface area (Å²) in [5.74, 6) is 0.233. The van der Waals surface area contributed by atoms with E-state index in [1.54, 1.807) is 13.2 Å². The molecule has 1 amide bonds. The third kappa shape index (κ3) is 4.09. The summed E-state index contributed by atoms with van der Waals surface area (Å²) in [6, 6.07) is 15.4. The number of hydrogen-bond donors (Lipinski definition) is 1. The Bertz CT molecular complexity index is 1240. The zero-order valence-corrected chi connectivity index (χ0v) is 17.8. The summed E-state index contributed by atoms with van der Waals surface area (Å²) in [7, 11) is 1.61. The summed E-state index contributed by atoms with van der Waals surface area (Å²) in [6.07, 6.45) is 7.36. The van der Waals surface area contributed by atoms with Crippen LogP contribution in [0.5, 0.6) is 5.75 Å². The number of ether oxygens (including phenoxy) is 1. The Hall–Kier alpha value is -3.81. The molecule has 0 atom stereocenters. The number of methoxy groups -OCH3 is 1. The van der Waals surface area contributed by atoms with E-state index in [1.807, 2.05) is 53.2 Å². The summed E-state index contributed by atoms with van der Waals surface area (Å²) < 4.78 is 7.08. The van der Waals surface area contributed by atoms with Crippen molar-refractivity contribution in [3.8, 4) is 23.6 Å². The molecular formula is C24H20N4O2S. The third-order valence-corrected chi connectivity index (χ3v) is 6.51. The topological polar surface area (TPSA) is 90.8 Å². The molecule has 0 saturated heterocycles. The number of nitrogens with zero attached hydrogens (tertiary/aromatic N) is 3. The van der Waals surface area contributed by atoms with Crippen molar-refractivity contribution in [2.45, 2.75) is 25.7 Å². The Balaban J connectivity index is 1.61. The van der Waals surface area contributed by atoms with Gasteiger partial charge in [-0.1, -0.05) is 0 Å². The van der Waals surface area contributed by atoms with Crippen LogP contribution in [0.1, 0.15) is 34.5 Å². The Labute approximate surface area is 184 Å². The van der Waals surface area contributed by atoms with Gasteiger partial charge in [0.05, 0.1) is 12.7 Å². The van der Waals surface area contributed by atoms with Crippen LogP contribution >= 0.6 is 11.3 Å². The lowest BCUT2D eigenvalue weighted by atomic mass is 9.96. The van der Waals surface area contributed by atoms with Gasteiger partial charge in [0.1, 0.15) is 28.5 Å². The molecule has 31 heavy (non-hydrogen) atoms. The van der Waals surface area contributed by atoms with Crippen molar-refractivity contribution in [3.05, 3.63) is 69.9 Å². The summed E-state index contributed by atoms with van der Waals surface area (Å²) in [4.78, 5) is 14.0. The maximum atomic E-state index is 12.9. The standard InChI is InChI=1S/C24H20N4O2S/c1-30-19-10-8-17(9-11-19)28-12-4-5-18(28)13-16(14-25)23(29)27-24-21(15-26)20-6-2-3-7-22(20)31-24/h4-5,8-13H,2-3,6-7H2,1H3,(H,27,29)/b16-13+. The Morgan fingerprint density at radius 2 is 1.97 bits per heavy atom. The first-order chi connectivity index (χ1) is 15.1. The molecule has 1 aromatic carbocycles. The third-order valence-electron chi connectivity index (χ3n) is 5.30. The Kier molecular flexibility index (Phi) is 5.88. The lowest BCUT2D eigenvalue weighted by molar-refractivity contribution is -0.112. The average molecular weight is 429 g/mol. The molecule has 1 N–H and O–H groups in total. The Morgan fingerprint density at radius 3 is 2.68 bits per heavy atom. The summed E-state index contributed by atoms with van der Waals surface area (Å²) in [5.41, 5.74) is 3.14. The zero-order chi connectivity index (χ0) is 21.8. The van der Waals surface area contributed by atoms with E-state index in [4.69, 9.17) is 4.74 Å². The molecule has 4 rings (SSSR count). The molecule has 154 valence electrons. The second-order valence-electron chi connectivity index (χ2n) is 7.15. The smallest absolute Gasteiger partial charge is 0.267 e. The number of aromatic nitrogens is 1. The van der Waals surface area contributed by atoms with Gasteiger partial charge < -0.3 is 14.6 Å². The number of carbonyl (C=O) groups excluding carboxylic acids is 1. The van der Waals surface area contributed by atoms with Crippen molar-refractivity contribution in [1.82, 2.24) is 4.57 Å². The van der Waals surface area contributed by atoms with Crippen LogP contribution in [0, 0.1) is 22.7 Å². The molecule has 2 aromatic heterocycles. The number of amides is 1. The normalized spacial score (nSPS) is 13.1. The summed E-state index contributed by atoms with van der Waals surface area (Å²) >= 11 is 1.45. The lowest BCUT2D eigenvalue weighted by Crippen LogP contribution is -2.13. The number of nitrogens with one attached hydrogen (secondary N) is 1. The van der Waals surface area contributed by atoms with Crippen LogP contribution in [-0.4, -0.2) is 17.6 Å². The number of benzene rings is 1. The minimum absolute atomic E-state index is 0.0243. The number of carbonyl (C=O) groups is 1. The number of fused-ring (bicyclic) bond motifs is 1. The van der Waals surface area contributed by atoms with Crippen LogP contribution in [-0.2, 0) is 17.6 Å². The van der Waals surface area contributed by atoms with Crippen LogP contribution in [0.4, 0.5) is 5.00 Å². The van der Waals surface area contributed by atoms with Crippen molar-refractivity contribution in [2.24, 2.45) is 0 Å². The van der Waals surface area contributed by atoms with Gasteiger partial charge in [-0.25, -0.2) is 0 Å². The van der Waals surface area contributed by atoms with Gasteiger partial charge >= 0.3 is 0 Å². The van der Waals surface area contributed by atoms with Crippen LogP contribution in [0.15, 0.2) is 48.2 Å². The first kappa shape index (κ1) is 20.5. The molecule has 0 aliphatic heterocycles. The maximum absolute atomic E-state index is 12.9. The number of thiophene rings is 1. The van der Waals surface area contributed by atoms with E-state index in [2.05, 4.69) is 11.4 Å². The summed E-state index contributed by atoms with van der Waals surface area (Å²) in [5, 5.41) is 22.5. The van der Waals surface area contributed by atoms with E-state index < -0.39 is 5.91 Å². The van der Waals surface area contributed by atoms with Gasteiger partial charge in [-0.15, -0.1) is 11.3 Å². The predicted molar refractivity (Wildman–Crippen MR) is 120 cm³/mol. The van der Waals surface area contributed by atoms with Crippen molar-refractivity contribution in [2.75, 3.05) is 12.4 Å². The highest BCUT2D eigenvalue weighted by Crippen LogP contribution is 2.37. The van der Waals surface area contributed by atoms with Crippen LogP contribution in [0.3, 0.4) is 0 Å². The molecule has 0 unspecified atom stereocenters. The van der Waals surface area contributed by atoms with E-state index >= 15 is 0 Å². The molecule has 0 radical (unpaired) electrons. The van der Waals surface area contributed by atoms with Crippen molar-refractivity contribution in [3.63, 3.8) is 0 Å². The second kappa shape index (κ2) is 8.91. The molecule has 0 saturated carbocycles. The largest absolute Gasteiger partial charge is 0.497 e. The first-order valence-electron chi connectivity index (χ1n) is 9.94. The highest BCUT2D eigenvalue weighted by molar-refractivity contribution is 7.16. The number of aryl methyl sites for hydroxylation is 1. The monoisotopic (exact) mass is 428 g/mol. The molecule has 1 aliphatic rings. The molecular weight excluding hydrogens is 408 g/mol. The fourth-order valence-corrected chi connectivity index (χ4v) is 4.96. The van der Waals surface area contributed by atoms with Gasteiger partial charge in [-0.3, -0.25) is 4.79 Å². The van der Waals surface area contributed by atoms with E-state index in [0.29, 0.717) is 16.3 Å². The van der Waals surface area contributed by atoms with Crippen molar-refractivity contribution < 1.29 is 9.53 Å². The molecule has 7 heteroatoms. The van der Waals surface area contributed by atoms with Crippen LogP contribution in [0.25, 0.3) is 11.8 Å². The quantitative estimate of drug-likeness (QED) is 0.465. The fourth-order valence-electron chi connectivity index (χ4n) is 3.73.